The molecule has 1 saturated heterocycles. The van der Waals surface area contributed by atoms with E-state index in [9.17, 15) is 4.79 Å². The predicted molar refractivity (Wildman–Crippen MR) is 77.8 cm³/mol. The Morgan fingerprint density at radius 2 is 1.95 bits per heavy atom. The summed E-state index contributed by atoms with van der Waals surface area (Å²) in [5.74, 6) is -0.0257. The molecule has 0 radical (unpaired) electrons. The van der Waals surface area contributed by atoms with Crippen molar-refractivity contribution in [2.75, 3.05) is 18.4 Å². The fourth-order valence-corrected chi connectivity index (χ4v) is 2.40. The molecular formula is C15H23N3O. The largest absolute Gasteiger partial charge is 0.327 e. The van der Waals surface area contributed by atoms with Crippen molar-refractivity contribution in [2.24, 2.45) is 5.73 Å². The zero-order valence-corrected chi connectivity index (χ0v) is 11.6. The highest BCUT2D eigenvalue weighted by Gasteiger charge is 2.11. The van der Waals surface area contributed by atoms with Crippen molar-refractivity contribution in [1.82, 2.24) is 4.90 Å². The van der Waals surface area contributed by atoms with Crippen molar-refractivity contribution in [3.05, 3.63) is 29.8 Å². The fourth-order valence-electron chi connectivity index (χ4n) is 2.40. The van der Waals surface area contributed by atoms with E-state index in [0.29, 0.717) is 6.42 Å². The highest BCUT2D eigenvalue weighted by atomic mass is 16.1. The fraction of sp³-hybridized carbons (Fsp3) is 0.533. The quantitative estimate of drug-likeness (QED) is 0.852. The molecule has 0 aromatic heterocycles. The minimum atomic E-state index is -0.102. The number of likely N-dealkylation sites (tertiary alicyclic amines) is 1. The molecule has 1 atom stereocenters. The average Bonchev–Trinajstić information content (AvgIpc) is 2.83. The smallest absolute Gasteiger partial charge is 0.225 e. The van der Waals surface area contributed by atoms with Gasteiger partial charge in [0.2, 0.25) is 5.91 Å². The van der Waals surface area contributed by atoms with E-state index in [0.717, 1.165) is 12.2 Å². The summed E-state index contributed by atoms with van der Waals surface area (Å²) in [4.78, 5) is 14.0. The number of nitrogens with zero attached hydrogens (tertiary/aromatic N) is 1. The average molecular weight is 261 g/mol. The molecule has 19 heavy (non-hydrogen) atoms. The topological polar surface area (TPSA) is 58.4 Å². The molecule has 1 aromatic carbocycles. The Balaban J connectivity index is 1.85. The van der Waals surface area contributed by atoms with Crippen LogP contribution in [0.4, 0.5) is 5.69 Å². The summed E-state index contributed by atoms with van der Waals surface area (Å²) in [5.41, 5.74) is 7.74. The van der Waals surface area contributed by atoms with Crippen LogP contribution in [0.25, 0.3) is 0 Å². The van der Waals surface area contributed by atoms with E-state index in [-0.39, 0.29) is 11.9 Å². The molecule has 1 amide bonds. The van der Waals surface area contributed by atoms with Crippen molar-refractivity contribution < 1.29 is 4.79 Å². The number of amides is 1. The third-order valence-corrected chi connectivity index (χ3v) is 3.35. The first-order valence-corrected chi connectivity index (χ1v) is 7.00. The van der Waals surface area contributed by atoms with E-state index in [1.54, 1.807) is 0 Å². The van der Waals surface area contributed by atoms with Crippen LogP contribution in [0.3, 0.4) is 0 Å². The van der Waals surface area contributed by atoms with Gasteiger partial charge in [-0.25, -0.2) is 0 Å². The number of rotatable bonds is 5. The molecule has 0 saturated carbocycles. The van der Waals surface area contributed by atoms with Crippen molar-refractivity contribution in [2.45, 2.75) is 38.8 Å². The Morgan fingerprint density at radius 1 is 1.32 bits per heavy atom. The van der Waals surface area contributed by atoms with E-state index in [1.807, 2.05) is 19.1 Å². The van der Waals surface area contributed by atoms with Gasteiger partial charge in [0.15, 0.2) is 0 Å². The Hall–Kier alpha value is -1.39. The maximum atomic E-state index is 11.6. The van der Waals surface area contributed by atoms with Gasteiger partial charge in [-0.1, -0.05) is 12.1 Å². The molecule has 104 valence electrons. The second-order valence-electron chi connectivity index (χ2n) is 5.41. The molecule has 1 aromatic rings. The number of carbonyl (C=O) groups is 1. The lowest BCUT2D eigenvalue weighted by molar-refractivity contribution is -0.116. The summed E-state index contributed by atoms with van der Waals surface area (Å²) >= 11 is 0. The van der Waals surface area contributed by atoms with E-state index in [1.165, 1.54) is 31.5 Å². The lowest BCUT2D eigenvalue weighted by Crippen LogP contribution is -2.24. The molecular weight excluding hydrogens is 238 g/mol. The third-order valence-electron chi connectivity index (χ3n) is 3.35. The first-order chi connectivity index (χ1) is 9.13. The van der Waals surface area contributed by atoms with E-state index in [2.05, 4.69) is 22.3 Å². The van der Waals surface area contributed by atoms with E-state index >= 15 is 0 Å². The van der Waals surface area contributed by atoms with Gasteiger partial charge in [-0.2, -0.15) is 0 Å². The lowest BCUT2D eigenvalue weighted by atomic mass is 10.2. The van der Waals surface area contributed by atoms with Gasteiger partial charge < -0.3 is 11.1 Å². The van der Waals surface area contributed by atoms with Crippen molar-refractivity contribution in [3.8, 4) is 0 Å². The molecule has 0 spiro atoms. The van der Waals surface area contributed by atoms with Crippen LogP contribution >= 0.6 is 0 Å². The number of nitrogens with two attached hydrogens (primary N) is 1. The van der Waals surface area contributed by atoms with Gasteiger partial charge >= 0.3 is 0 Å². The number of carbonyl (C=O) groups excluding carboxylic acids is 1. The molecule has 1 aliphatic rings. The van der Waals surface area contributed by atoms with Gasteiger partial charge in [0.1, 0.15) is 0 Å². The second-order valence-corrected chi connectivity index (χ2v) is 5.41. The number of hydrogen-bond acceptors (Lipinski definition) is 3. The molecule has 1 unspecified atom stereocenters. The Labute approximate surface area is 115 Å². The number of nitrogens with one attached hydrogen (secondary N) is 1. The zero-order chi connectivity index (χ0) is 13.7. The minimum Gasteiger partial charge on any atom is -0.327 e. The van der Waals surface area contributed by atoms with Gasteiger partial charge in [0.25, 0.3) is 0 Å². The van der Waals surface area contributed by atoms with Crippen molar-refractivity contribution >= 4 is 11.6 Å². The summed E-state index contributed by atoms with van der Waals surface area (Å²) in [6, 6.07) is 7.99. The monoisotopic (exact) mass is 261 g/mol. The van der Waals surface area contributed by atoms with Gasteiger partial charge in [0.05, 0.1) is 0 Å². The Kier molecular flexibility index (Phi) is 4.93. The summed E-state index contributed by atoms with van der Waals surface area (Å²) in [6.07, 6.45) is 2.98. The lowest BCUT2D eigenvalue weighted by Gasteiger charge is -2.15. The molecule has 0 bridgehead atoms. The Morgan fingerprint density at radius 3 is 2.53 bits per heavy atom. The summed E-state index contributed by atoms with van der Waals surface area (Å²) in [5, 5.41) is 2.86. The summed E-state index contributed by atoms with van der Waals surface area (Å²) < 4.78 is 0. The van der Waals surface area contributed by atoms with Crippen LogP contribution in [0.1, 0.15) is 31.7 Å². The molecule has 1 heterocycles. The van der Waals surface area contributed by atoms with Gasteiger partial charge in [-0.15, -0.1) is 0 Å². The van der Waals surface area contributed by atoms with Crippen LogP contribution in [0.5, 0.6) is 0 Å². The molecule has 1 fully saturated rings. The van der Waals surface area contributed by atoms with Crippen molar-refractivity contribution in [1.29, 1.82) is 0 Å². The standard InChI is InChI=1S/C15H23N3O/c1-12(16)10-15(19)17-14-6-4-13(5-7-14)11-18-8-2-3-9-18/h4-7,12H,2-3,8-11,16H2,1H3,(H,17,19). The molecule has 2 rings (SSSR count). The van der Waals surface area contributed by atoms with Gasteiger partial charge in [0, 0.05) is 24.7 Å². The number of benzene rings is 1. The van der Waals surface area contributed by atoms with Crippen LogP contribution in [0.15, 0.2) is 24.3 Å². The van der Waals surface area contributed by atoms with E-state index in [4.69, 9.17) is 5.73 Å². The highest BCUT2D eigenvalue weighted by molar-refractivity contribution is 5.91. The number of hydrogen-bond donors (Lipinski definition) is 2. The Bertz CT molecular complexity index is 408. The SMILES string of the molecule is CC(N)CC(=O)Nc1ccc(CN2CCCC2)cc1. The van der Waals surface area contributed by atoms with Crippen molar-refractivity contribution in [3.63, 3.8) is 0 Å². The first kappa shape index (κ1) is 14.0. The van der Waals surface area contributed by atoms with Crippen LogP contribution < -0.4 is 11.1 Å². The van der Waals surface area contributed by atoms with Gasteiger partial charge in [-0.05, 0) is 50.6 Å². The second kappa shape index (κ2) is 6.68. The molecule has 4 heteroatoms. The predicted octanol–water partition coefficient (Wildman–Crippen LogP) is 1.96. The highest BCUT2D eigenvalue weighted by Crippen LogP contribution is 2.15. The third kappa shape index (κ3) is 4.65. The zero-order valence-electron chi connectivity index (χ0n) is 11.6. The molecule has 3 N–H and O–H groups in total. The number of anilines is 1. The van der Waals surface area contributed by atoms with Crippen LogP contribution in [-0.2, 0) is 11.3 Å². The maximum absolute atomic E-state index is 11.6. The van der Waals surface area contributed by atoms with Crippen LogP contribution in [-0.4, -0.2) is 29.9 Å². The normalized spacial score (nSPS) is 17.4. The minimum absolute atomic E-state index is 0.0257. The van der Waals surface area contributed by atoms with Crippen LogP contribution in [0.2, 0.25) is 0 Å². The van der Waals surface area contributed by atoms with E-state index < -0.39 is 0 Å². The van der Waals surface area contributed by atoms with Gasteiger partial charge in [-0.3, -0.25) is 9.69 Å². The van der Waals surface area contributed by atoms with Crippen LogP contribution in [0, 0.1) is 0 Å². The summed E-state index contributed by atoms with van der Waals surface area (Å²) in [7, 11) is 0. The molecule has 4 nitrogen and oxygen atoms in total. The molecule has 0 aliphatic carbocycles. The maximum Gasteiger partial charge on any atom is 0.225 e. The molecule has 1 aliphatic heterocycles. The summed E-state index contributed by atoms with van der Waals surface area (Å²) in [6.45, 7) is 5.24. The first-order valence-electron chi connectivity index (χ1n) is 7.00.